The van der Waals surface area contributed by atoms with E-state index in [-0.39, 0.29) is 22.7 Å². The first-order chi connectivity index (χ1) is 7.98. The van der Waals surface area contributed by atoms with E-state index in [1.54, 1.807) is 6.07 Å². The lowest BCUT2D eigenvalue weighted by Crippen LogP contribution is -2.38. The Bertz CT molecular complexity index is 588. The summed E-state index contributed by atoms with van der Waals surface area (Å²) in [6.45, 7) is 0. The van der Waals surface area contributed by atoms with Gasteiger partial charge in [0.2, 0.25) is 0 Å². The molecule has 0 unspecified atom stereocenters. The largest absolute Gasteiger partial charge is 0.468 e. The summed E-state index contributed by atoms with van der Waals surface area (Å²) in [6, 6.07) is 5.88. The smallest absolute Gasteiger partial charge is 0.324 e. The molecule has 1 aliphatic heterocycles. The van der Waals surface area contributed by atoms with Gasteiger partial charge in [-0.15, -0.1) is 0 Å². The molecule has 0 saturated heterocycles. The SMILES string of the molecule is COC(=O)[C@@H]1CC(=O)c2ccccc2S1(=O)=O. The Hall–Kier alpha value is -1.69. The van der Waals surface area contributed by atoms with E-state index < -0.39 is 21.1 Å². The van der Waals surface area contributed by atoms with Crippen LogP contribution in [0.25, 0.3) is 0 Å². The van der Waals surface area contributed by atoms with Crippen molar-refractivity contribution < 1.29 is 22.7 Å². The van der Waals surface area contributed by atoms with E-state index in [2.05, 4.69) is 4.74 Å². The Labute approximate surface area is 98.3 Å². The summed E-state index contributed by atoms with van der Waals surface area (Å²) < 4.78 is 28.6. The quantitative estimate of drug-likeness (QED) is 0.685. The predicted molar refractivity (Wildman–Crippen MR) is 58.4 cm³/mol. The summed E-state index contributed by atoms with van der Waals surface area (Å²) in [6.07, 6.45) is -0.355. The van der Waals surface area contributed by atoms with Gasteiger partial charge in [0.15, 0.2) is 20.9 Å². The number of benzene rings is 1. The van der Waals surface area contributed by atoms with Gasteiger partial charge in [-0.1, -0.05) is 18.2 Å². The highest BCUT2D eigenvalue weighted by molar-refractivity contribution is 7.93. The standard InChI is InChI=1S/C11H10O5S/c1-16-11(13)10-6-8(12)7-4-2-3-5-9(7)17(10,14)15/h2-5,10H,6H2,1H3/t10-/m0/s1. The number of fused-ring (bicyclic) bond motifs is 1. The predicted octanol–water partition coefficient (Wildman–Crippen LogP) is 0.588. The second-order valence-corrected chi connectivity index (χ2v) is 5.78. The van der Waals surface area contributed by atoms with Gasteiger partial charge in [0.25, 0.3) is 0 Å². The summed E-state index contributed by atoms with van der Waals surface area (Å²) in [4.78, 5) is 23.0. The van der Waals surface area contributed by atoms with Crippen molar-refractivity contribution in [2.45, 2.75) is 16.6 Å². The molecule has 0 aromatic heterocycles. The number of carbonyl (C=O) groups excluding carboxylic acids is 2. The first-order valence-corrected chi connectivity index (χ1v) is 6.47. The summed E-state index contributed by atoms with van der Waals surface area (Å²) >= 11 is 0. The molecule has 0 aliphatic carbocycles. The summed E-state index contributed by atoms with van der Waals surface area (Å²) in [5.41, 5.74) is 0.146. The van der Waals surface area contributed by atoms with Crippen LogP contribution in [0.1, 0.15) is 16.8 Å². The van der Waals surface area contributed by atoms with Gasteiger partial charge in [-0.2, -0.15) is 0 Å². The second-order valence-electron chi connectivity index (χ2n) is 3.68. The first-order valence-electron chi connectivity index (χ1n) is 4.92. The number of ketones is 1. The number of hydrogen-bond acceptors (Lipinski definition) is 5. The molecule has 1 aromatic rings. The molecule has 1 heterocycles. The van der Waals surface area contributed by atoms with E-state index in [4.69, 9.17) is 0 Å². The molecule has 0 N–H and O–H groups in total. The molecule has 17 heavy (non-hydrogen) atoms. The molecular weight excluding hydrogens is 244 g/mol. The van der Waals surface area contributed by atoms with Gasteiger partial charge in [0, 0.05) is 12.0 Å². The van der Waals surface area contributed by atoms with E-state index in [1.165, 1.54) is 18.2 Å². The molecule has 90 valence electrons. The Morgan fingerprint density at radius 3 is 2.65 bits per heavy atom. The van der Waals surface area contributed by atoms with Crippen molar-refractivity contribution in [3.8, 4) is 0 Å². The summed E-state index contributed by atoms with van der Waals surface area (Å²) in [7, 11) is -2.72. The maximum Gasteiger partial charge on any atom is 0.324 e. The maximum atomic E-state index is 12.1. The van der Waals surface area contributed by atoms with Crippen LogP contribution in [-0.4, -0.2) is 32.5 Å². The Morgan fingerprint density at radius 1 is 1.35 bits per heavy atom. The van der Waals surface area contributed by atoms with Crippen LogP contribution in [-0.2, 0) is 19.4 Å². The molecule has 0 amide bonds. The second kappa shape index (κ2) is 3.96. The van der Waals surface area contributed by atoms with Gasteiger partial charge in [0.1, 0.15) is 0 Å². The normalized spacial score (nSPS) is 21.7. The van der Waals surface area contributed by atoms with Crippen LogP contribution in [0.2, 0.25) is 0 Å². The highest BCUT2D eigenvalue weighted by Gasteiger charge is 2.42. The molecule has 0 saturated carbocycles. The van der Waals surface area contributed by atoms with E-state index >= 15 is 0 Å². The molecule has 1 aliphatic rings. The van der Waals surface area contributed by atoms with Crippen LogP contribution in [0.5, 0.6) is 0 Å². The Balaban J connectivity index is 2.63. The number of ether oxygens (including phenoxy) is 1. The molecule has 0 bridgehead atoms. The van der Waals surface area contributed by atoms with E-state index in [0.29, 0.717) is 0 Å². The number of Topliss-reactive ketones (excluding diaryl/α,β-unsaturated/α-hetero) is 1. The van der Waals surface area contributed by atoms with E-state index in [9.17, 15) is 18.0 Å². The fourth-order valence-corrected chi connectivity index (χ4v) is 3.61. The summed E-state index contributed by atoms with van der Waals surface area (Å²) in [5, 5.41) is -1.42. The number of hydrogen-bond donors (Lipinski definition) is 0. The van der Waals surface area contributed by atoms with Crippen molar-refractivity contribution in [1.29, 1.82) is 0 Å². The zero-order chi connectivity index (χ0) is 12.6. The van der Waals surface area contributed by atoms with E-state index in [0.717, 1.165) is 7.11 Å². The molecule has 1 atom stereocenters. The number of sulfone groups is 1. The molecular formula is C11H10O5S. The lowest BCUT2D eigenvalue weighted by molar-refractivity contribution is -0.140. The average molecular weight is 254 g/mol. The van der Waals surface area contributed by atoms with Crippen LogP contribution in [0.15, 0.2) is 29.2 Å². The van der Waals surface area contributed by atoms with Gasteiger partial charge < -0.3 is 4.74 Å². The third-order valence-electron chi connectivity index (χ3n) is 2.70. The molecule has 0 spiro atoms. The number of methoxy groups -OCH3 is 1. The number of carbonyl (C=O) groups is 2. The third kappa shape index (κ3) is 1.74. The van der Waals surface area contributed by atoms with Crippen molar-refractivity contribution in [1.82, 2.24) is 0 Å². The van der Waals surface area contributed by atoms with Crippen LogP contribution < -0.4 is 0 Å². The molecule has 5 nitrogen and oxygen atoms in total. The van der Waals surface area contributed by atoms with Crippen LogP contribution in [0.4, 0.5) is 0 Å². The van der Waals surface area contributed by atoms with Gasteiger partial charge in [0.05, 0.1) is 12.0 Å². The molecule has 6 heteroatoms. The van der Waals surface area contributed by atoms with E-state index in [1.807, 2.05) is 0 Å². The molecule has 2 rings (SSSR count). The highest BCUT2D eigenvalue weighted by atomic mass is 32.2. The van der Waals surface area contributed by atoms with Crippen molar-refractivity contribution in [3.63, 3.8) is 0 Å². The molecule has 1 aromatic carbocycles. The number of esters is 1. The van der Waals surface area contributed by atoms with Crippen molar-refractivity contribution in [3.05, 3.63) is 29.8 Å². The molecule has 0 fully saturated rings. The fraction of sp³-hybridized carbons (Fsp3) is 0.273. The minimum atomic E-state index is -3.82. The zero-order valence-corrected chi connectivity index (χ0v) is 9.86. The average Bonchev–Trinajstić information content (AvgIpc) is 2.33. The number of rotatable bonds is 1. The van der Waals surface area contributed by atoms with Crippen LogP contribution >= 0.6 is 0 Å². The highest BCUT2D eigenvalue weighted by Crippen LogP contribution is 2.30. The Morgan fingerprint density at radius 2 is 2.00 bits per heavy atom. The van der Waals surface area contributed by atoms with Crippen LogP contribution in [0.3, 0.4) is 0 Å². The lowest BCUT2D eigenvalue weighted by atomic mass is 10.1. The third-order valence-corrected chi connectivity index (χ3v) is 4.78. The van der Waals surface area contributed by atoms with Crippen molar-refractivity contribution in [2.75, 3.05) is 7.11 Å². The van der Waals surface area contributed by atoms with Gasteiger partial charge >= 0.3 is 5.97 Å². The summed E-state index contributed by atoms with van der Waals surface area (Å²) in [5.74, 6) is -1.25. The maximum absolute atomic E-state index is 12.1. The first kappa shape index (κ1) is 11.8. The van der Waals surface area contributed by atoms with Gasteiger partial charge in [-0.05, 0) is 6.07 Å². The minimum absolute atomic E-state index is 0.0911. The Kier molecular flexibility index (Phi) is 2.74. The minimum Gasteiger partial charge on any atom is -0.468 e. The fourth-order valence-electron chi connectivity index (χ4n) is 1.83. The van der Waals surface area contributed by atoms with Crippen LogP contribution in [0, 0.1) is 0 Å². The van der Waals surface area contributed by atoms with Gasteiger partial charge in [-0.3, -0.25) is 9.59 Å². The van der Waals surface area contributed by atoms with Crippen molar-refractivity contribution >= 4 is 21.6 Å². The zero-order valence-electron chi connectivity index (χ0n) is 9.04. The monoisotopic (exact) mass is 254 g/mol. The van der Waals surface area contributed by atoms with Gasteiger partial charge in [-0.25, -0.2) is 8.42 Å². The van der Waals surface area contributed by atoms with Crippen molar-refractivity contribution in [2.24, 2.45) is 0 Å². The molecule has 0 radical (unpaired) electrons. The topological polar surface area (TPSA) is 77.5 Å². The lowest BCUT2D eigenvalue weighted by Gasteiger charge is -2.21.